The van der Waals surface area contributed by atoms with Crippen molar-refractivity contribution in [3.05, 3.63) is 39.4 Å². The molecular weight excluding hydrogens is 312 g/mol. The first-order valence-corrected chi connectivity index (χ1v) is 9.13. The van der Waals surface area contributed by atoms with Crippen LogP contribution < -0.4 is 0 Å². The molecule has 0 aliphatic carbocycles. The lowest BCUT2D eigenvalue weighted by Crippen LogP contribution is -2.35. The molecule has 0 saturated carbocycles. The summed E-state index contributed by atoms with van der Waals surface area (Å²) < 4.78 is 27.0. The zero-order valence-electron chi connectivity index (χ0n) is 11.1. The number of nitriles is 1. The summed E-state index contributed by atoms with van der Waals surface area (Å²) in [6.07, 6.45) is 0. The van der Waals surface area contributed by atoms with Gasteiger partial charge in [-0.3, -0.25) is 0 Å². The summed E-state index contributed by atoms with van der Waals surface area (Å²) in [6, 6.07) is 8.70. The molecule has 106 valence electrons. The number of sulfonamides is 1. The third kappa shape index (κ3) is 3.10. The Hall–Kier alpha value is -1.20. The van der Waals surface area contributed by atoms with Gasteiger partial charge in [0.05, 0.1) is 0 Å². The van der Waals surface area contributed by atoms with Crippen molar-refractivity contribution in [1.82, 2.24) is 4.31 Å². The highest BCUT2D eigenvalue weighted by Crippen LogP contribution is 2.27. The minimum Gasteiger partial charge on any atom is -0.206 e. The molecule has 2 heterocycles. The van der Waals surface area contributed by atoms with Crippen LogP contribution in [0.25, 0.3) is 0 Å². The molecule has 0 radical (unpaired) electrons. The first kappa shape index (κ1) is 15.2. The van der Waals surface area contributed by atoms with Crippen LogP contribution in [-0.4, -0.2) is 18.8 Å². The van der Waals surface area contributed by atoms with Crippen LogP contribution in [-0.2, 0) is 16.6 Å². The van der Waals surface area contributed by atoms with Crippen LogP contribution in [0.1, 0.15) is 23.6 Å². The average Bonchev–Trinajstić information content (AvgIpc) is 3.06. The smallest absolute Gasteiger partial charge is 0.206 e. The van der Waals surface area contributed by atoms with Crippen molar-refractivity contribution in [2.45, 2.75) is 30.6 Å². The molecule has 2 rings (SSSR count). The summed E-state index contributed by atoms with van der Waals surface area (Å²) >= 11 is 2.55. The highest BCUT2D eigenvalue weighted by Gasteiger charge is 2.28. The summed E-state index contributed by atoms with van der Waals surface area (Å²) in [4.78, 5) is 1.41. The maximum Gasteiger partial charge on any atom is 0.253 e. The number of thiophene rings is 2. The first-order valence-electron chi connectivity index (χ1n) is 5.99. The molecule has 0 saturated heterocycles. The number of hydrogen-bond donors (Lipinski definition) is 0. The molecule has 0 atom stereocenters. The molecule has 0 aliphatic heterocycles. The Morgan fingerprint density at radius 1 is 1.35 bits per heavy atom. The molecule has 0 aromatic carbocycles. The van der Waals surface area contributed by atoms with Crippen LogP contribution in [0.5, 0.6) is 0 Å². The van der Waals surface area contributed by atoms with Crippen molar-refractivity contribution >= 4 is 32.7 Å². The van der Waals surface area contributed by atoms with Gasteiger partial charge in [-0.1, -0.05) is 6.07 Å². The van der Waals surface area contributed by atoms with Crippen molar-refractivity contribution in [2.24, 2.45) is 0 Å². The van der Waals surface area contributed by atoms with E-state index < -0.39 is 10.0 Å². The highest BCUT2D eigenvalue weighted by molar-refractivity contribution is 7.91. The molecule has 7 heteroatoms. The lowest BCUT2D eigenvalue weighted by molar-refractivity contribution is 0.351. The Morgan fingerprint density at radius 2 is 2.10 bits per heavy atom. The SMILES string of the molecule is CC(C)N(Cc1cccs1)S(=O)(=O)c1ccc(C#N)s1. The van der Waals surface area contributed by atoms with Crippen LogP contribution in [0.3, 0.4) is 0 Å². The van der Waals surface area contributed by atoms with Crippen molar-refractivity contribution in [3.8, 4) is 6.07 Å². The van der Waals surface area contributed by atoms with Gasteiger partial charge in [-0.2, -0.15) is 9.57 Å². The van der Waals surface area contributed by atoms with Crippen LogP contribution in [0.15, 0.2) is 33.9 Å². The third-order valence-corrected chi connectivity index (χ3v) is 7.06. The van der Waals surface area contributed by atoms with Gasteiger partial charge in [0.15, 0.2) is 0 Å². The second-order valence-corrected chi connectivity index (χ2v) is 8.69. The summed E-state index contributed by atoms with van der Waals surface area (Å²) in [5, 5.41) is 10.8. The molecule has 0 unspecified atom stereocenters. The van der Waals surface area contributed by atoms with E-state index in [2.05, 4.69) is 0 Å². The molecule has 0 amide bonds. The molecular formula is C13H14N2O2S3. The summed E-state index contributed by atoms with van der Waals surface area (Å²) in [7, 11) is -3.56. The monoisotopic (exact) mass is 326 g/mol. The van der Waals surface area contributed by atoms with Gasteiger partial charge in [0.25, 0.3) is 10.0 Å². The summed E-state index contributed by atoms with van der Waals surface area (Å²) in [6.45, 7) is 4.06. The Bertz CT molecular complexity index is 709. The van der Waals surface area contributed by atoms with Gasteiger partial charge in [-0.15, -0.1) is 22.7 Å². The lowest BCUT2D eigenvalue weighted by atomic mass is 10.4. The molecule has 0 spiro atoms. The maximum atomic E-state index is 12.7. The third-order valence-electron chi connectivity index (χ3n) is 2.72. The van der Waals surface area contributed by atoms with Crippen LogP contribution in [0.4, 0.5) is 0 Å². The van der Waals surface area contributed by atoms with Crippen molar-refractivity contribution in [2.75, 3.05) is 0 Å². The molecule has 0 bridgehead atoms. The van der Waals surface area contributed by atoms with E-state index in [4.69, 9.17) is 5.26 Å². The number of rotatable bonds is 5. The van der Waals surface area contributed by atoms with Gasteiger partial charge < -0.3 is 0 Å². The summed E-state index contributed by atoms with van der Waals surface area (Å²) in [5.41, 5.74) is 0. The number of hydrogen-bond acceptors (Lipinski definition) is 5. The summed E-state index contributed by atoms with van der Waals surface area (Å²) in [5.74, 6) is 0. The quantitative estimate of drug-likeness (QED) is 0.847. The molecule has 20 heavy (non-hydrogen) atoms. The minimum atomic E-state index is -3.56. The van der Waals surface area contributed by atoms with E-state index in [1.807, 2.05) is 37.4 Å². The fourth-order valence-electron chi connectivity index (χ4n) is 1.74. The van der Waals surface area contributed by atoms with Crippen molar-refractivity contribution in [3.63, 3.8) is 0 Å². The van der Waals surface area contributed by atoms with E-state index in [0.29, 0.717) is 11.4 Å². The van der Waals surface area contributed by atoms with E-state index in [9.17, 15) is 8.42 Å². The van der Waals surface area contributed by atoms with E-state index in [1.54, 1.807) is 6.07 Å². The van der Waals surface area contributed by atoms with Crippen LogP contribution in [0.2, 0.25) is 0 Å². The molecule has 0 aliphatic rings. The highest BCUT2D eigenvalue weighted by atomic mass is 32.2. The Balaban J connectivity index is 2.35. The van der Waals surface area contributed by atoms with Crippen molar-refractivity contribution < 1.29 is 8.42 Å². The maximum absolute atomic E-state index is 12.7. The van der Waals surface area contributed by atoms with Crippen LogP contribution in [0, 0.1) is 11.3 Å². The molecule has 4 nitrogen and oxygen atoms in total. The van der Waals surface area contributed by atoms with E-state index in [0.717, 1.165) is 16.2 Å². The lowest BCUT2D eigenvalue weighted by Gasteiger charge is -2.24. The second-order valence-electron chi connectivity index (χ2n) is 4.45. The van der Waals surface area contributed by atoms with Gasteiger partial charge in [0.1, 0.15) is 15.2 Å². The van der Waals surface area contributed by atoms with Gasteiger partial charge in [-0.25, -0.2) is 8.42 Å². The molecule has 2 aromatic heterocycles. The molecule has 2 aromatic rings. The van der Waals surface area contributed by atoms with Gasteiger partial charge in [-0.05, 0) is 37.4 Å². The largest absolute Gasteiger partial charge is 0.253 e. The predicted molar refractivity (Wildman–Crippen MR) is 81.2 cm³/mol. The fraction of sp³-hybridized carbons (Fsp3) is 0.308. The Labute approximate surface area is 127 Å². The fourth-order valence-corrected chi connectivity index (χ4v) is 5.37. The van der Waals surface area contributed by atoms with E-state index >= 15 is 0 Å². The van der Waals surface area contributed by atoms with Gasteiger partial charge >= 0.3 is 0 Å². The van der Waals surface area contributed by atoms with E-state index in [1.165, 1.54) is 21.7 Å². The topological polar surface area (TPSA) is 61.2 Å². The zero-order chi connectivity index (χ0) is 14.8. The normalized spacial score (nSPS) is 11.9. The average molecular weight is 326 g/mol. The zero-order valence-corrected chi connectivity index (χ0v) is 13.6. The predicted octanol–water partition coefficient (Wildman–Crippen LogP) is 3.28. The Kier molecular flexibility index (Phi) is 4.60. The first-order chi connectivity index (χ1) is 9.45. The second kappa shape index (κ2) is 6.06. The molecule has 0 N–H and O–H groups in total. The van der Waals surface area contributed by atoms with Crippen LogP contribution >= 0.6 is 22.7 Å². The number of nitrogens with zero attached hydrogens (tertiary/aromatic N) is 2. The Morgan fingerprint density at radius 3 is 2.60 bits per heavy atom. The van der Waals surface area contributed by atoms with Gasteiger partial charge in [0.2, 0.25) is 0 Å². The minimum absolute atomic E-state index is 0.144. The standard InChI is InChI=1S/C13H14N2O2S3/c1-10(2)15(9-12-4-3-7-18-12)20(16,17)13-6-5-11(8-14)19-13/h3-7,10H,9H2,1-2H3. The van der Waals surface area contributed by atoms with Crippen molar-refractivity contribution in [1.29, 1.82) is 5.26 Å². The van der Waals surface area contributed by atoms with E-state index in [-0.39, 0.29) is 10.3 Å². The molecule has 0 fully saturated rings. The van der Waals surface area contributed by atoms with Gasteiger partial charge in [0, 0.05) is 17.5 Å².